The molecule has 0 bridgehead atoms. The van der Waals surface area contributed by atoms with Crippen molar-refractivity contribution in [3.8, 4) is 0 Å². The minimum absolute atomic E-state index is 0.0763. The van der Waals surface area contributed by atoms with E-state index in [9.17, 15) is 13.2 Å². The molecule has 0 aromatic carbocycles. The zero-order chi connectivity index (χ0) is 14.8. The second-order valence-corrected chi connectivity index (χ2v) is 7.71. The smallest absolute Gasteiger partial charge is 0.239 e. The Hall–Kier alpha value is -0.660. The van der Waals surface area contributed by atoms with E-state index in [1.165, 1.54) is 6.26 Å². The molecule has 0 aliphatic carbocycles. The lowest BCUT2D eigenvalue weighted by Gasteiger charge is -2.37. The largest absolute Gasteiger partial charge is 0.341 e. The highest BCUT2D eigenvalue weighted by Gasteiger charge is 2.31. The van der Waals surface area contributed by atoms with Gasteiger partial charge in [0.1, 0.15) is 0 Å². The molecule has 2 aliphatic heterocycles. The van der Waals surface area contributed by atoms with E-state index >= 15 is 0 Å². The number of nitrogens with one attached hydrogen (secondary N) is 1. The van der Waals surface area contributed by atoms with Crippen molar-refractivity contribution in [2.45, 2.75) is 44.7 Å². The van der Waals surface area contributed by atoms with Crippen LogP contribution in [-0.4, -0.2) is 68.6 Å². The molecule has 0 unspecified atom stereocenters. The first-order valence-electron chi connectivity index (χ1n) is 7.37. The Morgan fingerprint density at radius 3 is 2.45 bits per heavy atom. The number of nitrogens with zero attached hydrogens (tertiary/aromatic N) is 2. The van der Waals surface area contributed by atoms with Crippen molar-refractivity contribution in [3.63, 3.8) is 0 Å². The normalized spacial score (nSPS) is 26.7. The number of sulfonamides is 1. The third-order valence-electron chi connectivity index (χ3n) is 4.16. The van der Waals surface area contributed by atoms with Crippen LogP contribution in [0.25, 0.3) is 0 Å². The molecule has 0 saturated carbocycles. The molecule has 0 aromatic rings. The van der Waals surface area contributed by atoms with Crippen LogP contribution in [0.5, 0.6) is 0 Å². The molecule has 0 aromatic heterocycles. The quantitative estimate of drug-likeness (QED) is 0.794. The van der Waals surface area contributed by atoms with Gasteiger partial charge in [0.25, 0.3) is 0 Å². The van der Waals surface area contributed by atoms with Gasteiger partial charge >= 0.3 is 0 Å². The van der Waals surface area contributed by atoms with Gasteiger partial charge in [-0.2, -0.15) is 0 Å². The zero-order valence-corrected chi connectivity index (χ0v) is 13.2. The van der Waals surface area contributed by atoms with Crippen LogP contribution in [0.4, 0.5) is 0 Å². The lowest BCUT2D eigenvalue weighted by molar-refractivity contribution is -0.135. The maximum Gasteiger partial charge on any atom is 0.239 e. The molecule has 116 valence electrons. The Labute approximate surface area is 121 Å². The van der Waals surface area contributed by atoms with E-state index in [0.717, 1.165) is 45.3 Å². The predicted molar refractivity (Wildman–Crippen MR) is 77.9 cm³/mol. The Morgan fingerprint density at radius 2 is 1.85 bits per heavy atom. The molecule has 20 heavy (non-hydrogen) atoms. The van der Waals surface area contributed by atoms with Crippen LogP contribution in [0.3, 0.4) is 0 Å². The summed E-state index contributed by atoms with van der Waals surface area (Å²) in [5, 5.41) is 0. The van der Waals surface area contributed by atoms with Crippen molar-refractivity contribution < 1.29 is 13.2 Å². The first kappa shape index (κ1) is 15.7. The van der Waals surface area contributed by atoms with E-state index in [4.69, 9.17) is 0 Å². The van der Waals surface area contributed by atoms with Crippen molar-refractivity contribution in [1.82, 2.24) is 14.5 Å². The van der Waals surface area contributed by atoms with E-state index in [1.807, 2.05) is 11.8 Å². The minimum atomic E-state index is -3.18. The molecule has 2 atom stereocenters. The third-order valence-corrected chi connectivity index (χ3v) is 4.92. The van der Waals surface area contributed by atoms with Crippen molar-refractivity contribution >= 4 is 15.9 Å². The number of carbonyl (C=O) groups excluding carboxylic acids is 1. The fourth-order valence-electron chi connectivity index (χ4n) is 3.12. The number of rotatable bonds is 4. The van der Waals surface area contributed by atoms with Gasteiger partial charge in [0.05, 0.1) is 12.3 Å². The molecule has 0 radical (unpaired) electrons. The SMILES string of the molecule is C[C@H](C(=O)N1CCCC1)N1CCC[C@H](NS(C)(=O)=O)C1. The van der Waals surface area contributed by atoms with Crippen LogP contribution in [0.2, 0.25) is 0 Å². The summed E-state index contributed by atoms with van der Waals surface area (Å²) in [5.74, 6) is 0.183. The van der Waals surface area contributed by atoms with Gasteiger partial charge in [0, 0.05) is 25.7 Å². The van der Waals surface area contributed by atoms with Gasteiger partial charge < -0.3 is 4.90 Å². The summed E-state index contributed by atoms with van der Waals surface area (Å²) in [4.78, 5) is 16.4. The van der Waals surface area contributed by atoms with E-state index in [0.29, 0.717) is 6.54 Å². The number of piperidine rings is 1. The second-order valence-electron chi connectivity index (χ2n) is 5.93. The molecule has 2 saturated heterocycles. The van der Waals surface area contributed by atoms with Gasteiger partial charge in [-0.3, -0.25) is 9.69 Å². The summed E-state index contributed by atoms with van der Waals surface area (Å²) in [7, 11) is -3.18. The van der Waals surface area contributed by atoms with Crippen LogP contribution < -0.4 is 4.72 Å². The Morgan fingerprint density at radius 1 is 1.20 bits per heavy atom. The molecule has 6 nitrogen and oxygen atoms in total. The molecule has 2 rings (SSSR count). The number of hydrogen-bond donors (Lipinski definition) is 1. The average Bonchev–Trinajstić information content (AvgIpc) is 2.89. The average molecular weight is 303 g/mol. The zero-order valence-electron chi connectivity index (χ0n) is 12.3. The Bertz CT molecular complexity index is 446. The highest BCUT2D eigenvalue weighted by atomic mass is 32.2. The molecule has 2 aliphatic rings. The molecule has 0 spiro atoms. The molecule has 7 heteroatoms. The lowest BCUT2D eigenvalue weighted by atomic mass is 10.0. The predicted octanol–water partition coefficient (Wildman–Crippen LogP) is 0.0109. The maximum atomic E-state index is 12.4. The summed E-state index contributed by atoms with van der Waals surface area (Å²) in [6.07, 6.45) is 5.14. The summed E-state index contributed by atoms with van der Waals surface area (Å²) < 4.78 is 25.3. The second kappa shape index (κ2) is 6.41. The maximum absolute atomic E-state index is 12.4. The summed E-state index contributed by atoms with van der Waals surface area (Å²) in [5.41, 5.74) is 0. The molecule has 2 fully saturated rings. The summed E-state index contributed by atoms with van der Waals surface area (Å²) in [6.45, 7) is 5.14. The number of amides is 1. The van der Waals surface area contributed by atoms with Crippen LogP contribution >= 0.6 is 0 Å². The van der Waals surface area contributed by atoms with Crippen LogP contribution in [0.15, 0.2) is 0 Å². The number of likely N-dealkylation sites (tertiary alicyclic amines) is 2. The van der Waals surface area contributed by atoms with E-state index in [1.54, 1.807) is 0 Å². The van der Waals surface area contributed by atoms with Crippen LogP contribution in [-0.2, 0) is 14.8 Å². The van der Waals surface area contributed by atoms with Gasteiger partial charge in [-0.15, -0.1) is 0 Å². The number of hydrogen-bond acceptors (Lipinski definition) is 4. The summed E-state index contributed by atoms with van der Waals surface area (Å²) >= 11 is 0. The molecule has 2 heterocycles. The topological polar surface area (TPSA) is 69.7 Å². The van der Waals surface area contributed by atoms with Crippen molar-refractivity contribution in [2.75, 3.05) is 32.4 Å². The van der Waals surface area contributed by atoms with Gasteiger partial charge in [0.2, 0.25) is 15.9 Å². The van der Waals surface area contributed by atoms with Crippen molar-refractivity contribution in [3.05, 3.63) is 0 Å². The van der Waals surface area contributed by atoms with Gasteiger partial charge in [-0.25, -0.2) is 13.1 Å². The highest BCUT2D eigenvalue weighted by molar-refractivity contribution is 7.88. The first-order valence-corrected chi connectivity index (χ1v) is 9.26. The molecule has 1 N–H and O–H groups in total. The van der Waals surface area contributed by atoms with Crippen molar-refractivity contribution in [1.29, 1.82) is 0 Å². The van der Waals surface area contributed by atoms with Crippen LogP contribution in [0.1, 0.15) is 32.6 Å². The fourth-order valence-corrected chi connectivity index (χ4v) is 3.91. The van der Waals surface area contributed by atoms with E-state index < -0.39 is 10.0 Å². The van der Waals surface area contributed by atoms with Gasteiger partial charge in [0.15, 0.2) is 0 Å². The highest BCUT2D eigenvalue weighted by Crippen LogP contribution is 2.17. The molecular weight excluding hydrogens is 278 g/mol. The molecular formula is C13H25N3O3S. The van der Waals surface area contributed by atoms with E-state index in [-0.39, 0.29) is 18.0 Å². The third kappa shape index (κ3) is 4.17. The monoisotopic (exact) mass is 303 g/mol. The summed E-state index contributed by atoms with van der Waals surface area (Å²) in [6, 6.07) is -0.232. The Kier molecular flexibility index (Phi) is 5.04. The fraction of sp³-hybridized carbons (Fsp3) is 0.923. The molecule has 1 amide bonds. The first-order chi connectivity index (χ1) is 9.37. The van der Waals surface area contributed by atoms with Crippen molar-refractivity contribution in [2.24, 2.45) is 0 Å². The van der Waals surface area contributed by atoms with Crippen LogP contribution in [0, 0.1) is 0 Å². The standard InChI is InChI=1S/C13H25N3O3S/c1-11(13(17)15-7-3-4-8-15)16-9-5-6-12(10-16)14-20(2,18)19/h11-12,14H,3-10H2,1-2H3/t11-,12+/m1/s1. The van der Waals surface area contributed by atoms with E-state index in [2.05, 4.69) is 9.62 Å². The lowest BCUT2D eigenvalue weighted by Crippen LogP contribution is -2.54. The Balaban J connectivity index is 1.92. The van der Waals surface area contributed by atoms with Gasteiger partial charge in [-0.1, -0.05) is 0 Å². The minimum Gasteiger partial charge on any atom is -0.341 e. The van der Waals surface area contributed by atoms with Gasteiger partial charge in [-0.05, 0) is 39.2 Å². The number of carbonyl (C=O) groups is 1.